The van der Waals surface area contributed by atoms with E-state index in [1.54, 1.807) is 23.5 Å². The second kappa shape index (κ2) is 6.83. The molecule has 2 unspecified atom stereocenters. The highest BCUT2D eigenvalue weighted by atomic mass is 32.1. The van der Waals surface area contributed by atoms with Crippen molar-refractivity contribution in [1.82, 2.24) is 5.32 Å². The average Bonchev–Trinajstić information content (AvgIpc) is 2.91. The molecule has 112 valence electrons. The molecule has 1 aromatic heterocycles. The Bertz CT molecular complexity index is 624. The van der Waals surface area contributed by atoms with Crippen LogP contribution in [0.25, 0.3) is 0 Å². The van der Waals surface area contributed by atoms with Gasteiger partial charge in [0.2, 0.25) is 0 Å². The van der Waals surface area contributed by atoms with Gasteiger partial charge >= 0.3 is 0 Å². The fraction of sp³-hybridized carbons (Fsp3) is 0.375. The number of nitrogens with one attached hydrogen (secondary N) is 1. The minimum absolute atomic E-state index is 0.113. The lowest BCUT2D eigenvalue weighted by molar-refractivity contribution is -0.384. The molecule has 21 heavy (non-hydrogen) atoms. The lowest BCUT2D eigenvalue weighted by Crippen LogP contribution is -2.23. The summed E-state index contributed by atoms with van der Waals surface area (Å²) in [5.74, 6) is 0. The zero-order chi connectivity index (χ0) is 15.4. The minimum Gasteiger partial charge on any atom is -0.303 e. The molecule has 2 rings (SSSR count). The van der Waals surface area contributed by atoms with Gasteiger partial charge < -0.3 is 5.32 Å². The van der Waals surface area contributed by atoms with Crippen molar-refractivity contribution in [1.29, 1.82) is 0 Å². The third-order valence-electron chi connectivity index (χ3n) is 3.53. The number of rotatable bonds is 6. The van der Waals surface area contributed by atoms with E-state index in [1.165, 1.54) is 15.8 Å². The van der Waals surface area contributed by atoms with E-state index in [9.17, 15) is 10.1 Å². The van der Waals surface area contributed by atoms with Crippen LogP contribution in [-0.2, 0) is 0 Å². The predicted octanol–water partition coefficient (Wildman–Crippen LogP) is 4.77. The number of aryl methyl sites for hydroxylation is 1. The van der Waals surface area contributed by atoms with Crippen molar-refractivity contribution >= 4 is 17.0 Å². The second-order valence-corrected chi connectivity index (χ2v) is 6.47. The van der Waals surface area contributed by atoms with Crippen LogP contribution in [0.4, 0.5) is 5.69 Å². The van der Waals surface area contributed by atoms with Crippen LogP contribution >= 0.6 is 11.3 Å². The number of nitro groups is 1. The molecule has 0 amide bonds. The molecule has 0 aliphatic rings. The number of hydrogen-bond donors (Lipinski definition) is 1. The Kier molecular flexibility index (Phi) is 5.09. The summed E-state index contributed by atoms with van der Waals surface area (Å²) in [4.78, 5) is 13.1. The summed E-state index contributed by atoms with van der Waals surface area (Å²) in [7, 11) is 0. The SMILES string of the molecule is CCC(NC(C)c1ccc(C)s1)c1cccc([N+](=O)[O-])c1. The molecule has 0 saturated carbocycles. The first kappa shape index (κ1) is 15.7. The van der Waals surface area contributed by atoms with Crippen molar-refractivity contribution in [2.24, 2.45) is 0 Å². The molecule has 2 atom stereocenters. The van der Waals surface area contributed by atoms with E-state index in [0.29, 0.717) is 0 Å². The quantitative estimate of drug-likeness (QED) is 0.618. The highest BCUT2D eigenvalue weighted by Crippen LogP contribution is 2.27. The van der Waals surface area contributed by atoms with E-state index in [-0.39, 0.29) is 22.7 Å². The first-order valence-corrected chi connectivity index (χ1v) is 7.89. The Morgan fingerprint density at radius 1 is 1.33 bits per heavy atom. The highest BCUT2D eigenvalue weighted by Gasteiger charge is 2.17. The van der Waals surface area contributed by atoms with Gasteiger partial charge in [0.25, 0.3) is 5.69 Å². The summed E-state index contributed by atoms with van der Waals surface area (Å²) in [6.45, 7) is 6.31. The van der Waals surface area contributed by atoms with Crippen LogP contribution in [0.1, 0.15) is 47.7 Å². The third-order valence-corrected chi connectivity index (χ3v) is 4.71. The summed E-state index contributed by atoms with van der Waals surface area (Å²) >= 11 is 1.78. The molecular formula is C16H20N2O2S. The zero-order valence-corrected chi connectivity index (χ0v) is 13.3. The van der Waals surface area contributed by atoms with Crippen LogP contribution < -0.4 is 5.32 Å². The molecule has 1 heterocycles. The summed E-state index contributed by atoms with van der Waals surface area (Å²) in [5, 5.41) is 14.5. The molecular weight excluding hydrogens is 284 g/mol. The summed E-state index contributed by atoms with van der Waals surface area (Å²) in [6, 6.07) is 11.5. The first-order valence-electron chi connectivity index (χ1n) is 7.08. The second-order valence-electron chi connectivity index (χ2n) is 5.15. The smallest absolute Gasteiger partial charge is 0.269 e. The van der Waals surface area contributed by atoms with Gasteiger partial charge in [-0.1, -0.05) is 19.1 Å². The van der Waals surface area contributed by atoms with Gasteiger partial charge in [0.15, 0.2) is 0 Å². The van der Waals surface area contributed by atoms with Gasteiger partial charge in [0.1, 0.15) is 0 Å². The molecule has 0 fully saturated rings. The molecule has 1 N–H and O–H groups in total. The van der Waals surface area contributed by atoms with Crippen molar-refractivity contribution in [3.05, 3.63) is 61.8 Å². The van der Waals surface area contributed by atoms with Crippen LogP contribution in [0.15, 0.2) is 36.4 Å². The zero-order valence-electron chi connectivity index (χ0n) is 12.5. The minimum atomic E-state index is -0.345. The summed E-state index contributed by atoms with van der Waals surface area (Å²) < 4.78 is 0. The van der Waals surface area contributed by atoms with E-state index in [2.05, 4.69) is 38.2 Å². The van der Waals surface area contributed by atoms with Crippen molar-refractivity contribution in [3.8, 4) is 0 Å². The van der Waals surface area contributed by atoms with Crippen LogP contribution in [-0.4, -0.2) is 4.92 Å². The molecule has 0 saturated heterocycles. The summed E-state index contributed by atoms with van der Waals surface area (Å²) in [5.41, 5.74) is 1.11. The maximum absolute atomic E-state index is 10.9. The van der Waals surface area contributed by atoms with Gasteiger partial charge in [0, 0.05) is 34.0 Å². The molecule has 0 aliphatic carbocycles. The van der Waals surface area contributed by atoms with Crippen LogP contribution in [0.3, 0.4) is 0 Å². The summed E-state index contributed by atoms with van der Waals surface area (Å²) in [6.07, 6.45) is 0.885. The van der Waals surface area contributed by atoms with Crippen molar-refractivity contribution in [3.63, 3.8) is 0 Å². The normalized spacial score (nSPS) is 13.9. The molecule has 0 bridgehead atoms. The molecule has 1 aromatic carbocycles. The van der Waals surface area contributed by atoms with E-state index < -0.39 is 0 Å². The standard InChI is InChI=1S/C16H20N2O2S/c1-4-15(13-6-5-7-14(10-13)18(19)20)17-12(3)16-9-8-11(2)21-16/h5-10,12,15,17H,4H2,1-3H3. The van der Waals surface area contributed by atoms with Crippen molar-refractivity contribution < 1.29 is 4.92 Å². The predicted molar refractivity (Wildman–Crippen MR) is 86.7 cm³/mol. The lowest BCUT2D eigenvalue weighted by atomic mass is 10.0. The van der Waals surface area contributed by atoms with Gasteiger partial charge in [0.05, 0.1) is 4.92 Å². The van der Waals surface area contributed by atoms with Gasteiger partial charge in [-0.3, -0.25) is 10.1 Å². The Balaban J connectivity index is 2.16. The molecule has 2 aromatic rings. The molecule has 4 nitrogen and oxygen atoms in total. The van der Waals surface area contributed by atoms with E-state index in [0.717, 1.165) is 12.0 Å². The van der Waals surface area contributed by atoms with E-state index >= 15 is 0 Å². The lowest BCUT2D eigenvalue weighted by Gasteiger charge is -2.22. The highest BCUT2D eigenvalue weighted by molar-refractivity contribution is 7.12. The van der Waals surface area contributed by atoms with Gasteiger partial charge in [-0.05, 0) is 38.0 Å². The Morgan fingerprint density at radius 3 is 2.67 bits per heavy atom. The fourth-order valence-electron chi connectivity index (χ4n) is 2.37. The maximum atomic E-state index is 10.9. The number of nitro benzene ring substituents is 1. The maximum Gasteiger partial charge on any atom is 0.269 e. The molecule has 0 radical (unpaired) electrons. The fourth-order valence-corrected chi connectivity index (χ4v) is 3.26. The number of benzene rings is 1. The van der Waals surface area contributed by atoms with E-state index in [1.807, 2.05) is 6.07 Å². The topological polar surface area (TPSA) is 55.2 Å². The third kappa shape index (κ3) is 3.89. The Labute approximate surface area is 129 Å². The first-order chi connectivity index (χ1) is 10.0. The molecule has 0 aliphatic heterocycles. The van der Waals surface area contributed by atoms with Gasteiger partial charge in [-0.2, -0.15) is 0 Å². The van der Waals surface area contributed by atoms with Crippen LogP contribution in [0.5, 0.6) is 0 Å². The number of hydrogen-bond acceptors (Lipinski definition) is 4. The number of nitrogens with zero attached hydrogens (tertiary/aromatic N) is 1. The van der Waals surface area contributed by atoms with Crippen molar-refractivity contribution in [2.45, 2.75) is 39.3 Å². The Morgan fingerprint density at radius 2 is 2.10 bits per heavy atom. The average molecular weight is 304 g/mol. The molecule has 5 heteroatoms. The Hall–Kier alpha value is -1.72. The van der Waals surface area contributed by atoms with E-state index in [4.69, 9.17) is 0 Å². The van der Waals surface area contributed by atoms with Crippen molar-refractivity contribution in [2.75, 3.05) is 0 Å². The number of thiophene rings is 1. The van der Waals surface area contributed by atoms with Gasteiger partial charge in [-0.25, -0.2) is 0 Å². The molecule has 0 spiro atoms. The number of non-ortho nitro benzene ring substituents is 1. The largest absolute Gasteiger partial charge is 0.303 e. The monoisotopic (exact) mass is 304 g/mol. The van der Waals surface area contributed by atoms with Crippen LogP contribution in [0, 0.1) is 17.0 Å². The van der Waals surface area contributed by atoms with Crippen LogP contribution in [0.2, 0.25) is 0 Å². The van der Waals surface area contributed by atoms with Gasteiger partial charge in [-0.15, -0.1) is 11.3 Å².